The van der Waals surface area contributed by atoms with Gasteiger partial charge in [0, 0.05) is 18.2 Å². The number of fused-ring (bicyclic) bond motifs is 1. The van der Waals surface area contributed by atoms with Gasteiger partial charge < -0.3 is 19.7 Å². The van der Waals surface area contributed by atoms with Crippen molar-refractivity contribution < 1.29 is 19.2 Å². The normalized spacial score (nSPS) is 25.3. The van der Waals surface area contributed by atoms with Crippen molar-refractivity contribution in [2.45, 2.75) is 63.2 Å². The van der Waals surface area contributed by atoms with Crippen LogP contribution in [0.15, 0.2) is 29.0 Å². The lowest BCUT2D eigenvalue weighted by atomic mass is 9.89. The van der Waals surface area contributed by atoms with Gasteiger partial charge in [0.2, 0.25) is 0 Å². The van der Waals surface area contributed by atoms with Crippen LogP contribution in [0, 0.1) is 0 Å². The Balaban J connectivity index is 1.42. The van der Waals surface area contributed by atoms with Crippen LogP contribution in [-0.4, -0.2) is 39.4 Å². The molecule has 0 aliphatic heterocycles. The second-order valence-corrected chi connectivity index (χ2v) is 6.99. The van der Waals surface area contributed by atoms with Crippen molar-refractivity contribution in [3.63, 3.8) is 0 Å². The molecule has 1 fully saturated rings. The largest absolute Gasteiger partial charge is 0.486 e. The Morgan fingerprint density at radius 3 is 3.00 bits per heavy atom. The van der Waals surface area contributed by atoms with Gasteiger partial charge in [0.1, 0.15) is 23.7 Å². The molecule has 2 aliphatic carbocycles. The van der Waals surface area contributed by atoms with Gasteiger partial charge in [0.05, 0.1) is 12.2 Å². The number of aromatic nitrogens is 2. The van der Waals surface area contributed by atoms with Crippen LogP contribution >= 0.6 is 0 Å². The number of rotatable bonds is 4. The summed E-state index contributed by atoms with van der Waals surface area (Å²) in [6.07, 6.45) is 8.22. The average molecular weight is 357 g/mol. The van der Waals surface area contributed by atoms with E-state index in [-0.39, 0.29) is 18.1 Å². The van der Waals surface area contributed by atoms with Crippen molar-refractivity contribution in [2.75, 3.05) is 0 Å². The molecule has 2 aliphatic rings. The molecule has 2 aromatic rings. The lowest BCUT2D eigenvalue weighted by Crippen LogP contribution is -2.52. The van der Waals surface area contributed by atoms with Gasteiger partial charge in [-0.15, -0.1) is 0 Å². The topological polar surface area (TPSA) is 97.5 Å². The fourth-order valence-electron chi connectivity index (χ4n) is 3.82. The molecule has 1 saturated carbocycles. The third kappa shape index (κ3) is 3.44. The average Bonchev–Trinajstić information content (AvgIpc) is 3.10. The summed E-state index contributed by atoms with van der Waals surface area (Å²) in [5.74, 6) is 1.17. The summed E-state index contributed by atoms with van der Waals surface area (Å²) in [6, 6.07) is 3.23. The van der Waals surface area contributed by atoms with Crippen molar-refractivity contribution in [3.05, 3.63) is 41.5 Å². The molecule has 138 valence electrons. The van der Waals surface area contributed by atoms with Crippen molar-refractivity contribution in [1.29, 1.82) is 0 Å². The van der Waals surface area contributed by atoms with Crippen LogP contribution in [0.4, 0.5) is 0 Å². The highest BCUT2D eigenvalue weighted by Crippen LogP contribution is 2.26. The minimum atomic E-state index is -0.782. The molecule has 2 heterocycles. The first-order valence-electron chi connectivity index (χ1n) is 9.25. The molecule has 0 unspecified atom stereocenters. The number of hydrogen-bond donors (Lipinski definition) is 2. The maximum Gasteiger partial charge on any atom is 0.274 e. The number of ether oxygens (including phenoxy) is 1. The fourth-order valence-corrected chi connectivity index (χ4v) is 3.82. The monoisotopic (exact) mass is 357 g/mol. The molecule has 2 N–H and O–H groups in total. The van der Waals surface area contributed by atoms with Crippen LogP contribution in [-0.2, 0) is 12.8 Å². The number of aliphatic hydroxyl groups excluding tert-OH is 1. The summed E-state index contributed by atoms with van der Waals surface area (Å²) >= 11 is 0. The first-order chi connectivity index (χ1) is 12.7. The summed E-state index contributed by atoms with van der Waals surface area (Å²) in [4.78, 5) is 16.7. The Morgan fingerprint density at radius 1 is 1.27 bits per heavy atom. The third-order valence-electron chi connectivity index (χ3n) is 5.20. The molecule has 1 amide bonds. The van der Waals surface area contributed by atoms with E-state index in [1.807, 2.05) is 6.07 Å². The first-order valence-corrected chi connectivity index (χ1v) is 9.25. The second kappa shape index (κ2) is 7.45. The van der Waals surface area contributed by atoms with E-state index in [2.05, 4.69) is 15.5 Å². The number of hydrogen-bond acceptors (Lipinski definition) is 6. The second-order valence-electron chi connectivity index (χ2n) is 6.99. The molecule has 26 heavy (non-hydrogen) atoms. The van der Waals surface area contributed by atoms with Crippen LogP contribution in [0.3, 0.4) is 0 Å². The molecule has 4 rings (SSSR count). The van der Waals surface area contributed by atoms with Crippen molar-refractivity contribution in [3.8, 4) is 5.75 Å². The van der Waals surface area contributed by atoms with Gasteiger partial charge in [-0.2, -0.15) is 0 Å². The molecular formula is C19H23N3O4. The third-order valence-corrected chi connectivity index (χ3v) is 5.20. The summed E-state index contributed by atoms with van der Waals surface area (Å²) < 4.78 is 11.2. The Kier molecular flexibility index (Phi) is 4.88. The van der Waals surface area contributed by atoms with Crippen LogP contribution in [0.1, 0.15) is 53.9 Å². The number of amides is 1. The zero-order valence-electron chi connectivity index (χ0n) is 14.6. The van der Waals surface area contributed by atoms with E-state index in [0.717, 1.165) is 49.8 Å². The minimum Gasteiger partial charge on any atom is -0.486 e. The summed E-state index contributed by atoms with van der Waals surface area (Å²) in [5.41, 5.74) is 1.28. The van der Waals surface area contributed by atoms with E-state index in [9.17, 15) is 9.90 Å². The van der Waals surface area contributed by atoms with Crippen LogP contribution in [0.25, 0.3) is 0 Å². The predicted molar refractivity (Wildman–Crippen MR) is 92.9 cm³/mol. The molecule has 3 atom stereocenters. The molecule has 7 heteroatoms. The summed E-state index contributed by atoms with van der Waals surface area (Å²) in [6.45, 7) is 0. The smallest absolute Gasteiger partial charge is 0.274 e. The van der Waals surface area contributed by atoms with Gasteiger partial charge in [-0.05, 0) is 50.7 Å². The Bertz CT molecular complexity index is 761. The number of nitrogens with one attached hydrogen (secondary N) is 1. The summed E-state index contributed by atoms with van der Waals surface area (Å²) in [5, 5.41) is 17.6. The lowest BCUT2D eigenvalue weighted by molar-refractivity contribution is -0.0143. The first kappa shape index (κ1) is 17.0. The quantitative estimate of drug-likeness (QED) is 0.869. The van der Waals surface area contributed by atoms with Gasteiger partial charge in [-0.25, -0.2) is 0 Å². The van der Waals surface area contributed by atoms with Crippen molar-refractivity contribution in [1.82, 2.24) is 15.5 Å². The van der Waals surface area contributed by atoms with E-state index < -0.39 is 6.10 Å². The zero-order chi connectivity index (χ0) is 17.9. The van der Waals surface area contributed by atoms with Gasteiger partial charge in [0.25, 0.3) is 5.91 Å². The molecule has 0 saturated heterocycles. The number of pyridine rings is 1. The fraction of sp³-hybridized carbons (Fsp3) is 0.526. The molecule has 0 aromatic carbocycles. The SMILES string of the molecule is O=C(N[C@@H]1CCC[C@@H](Oc2cccnc2)[C@@H]1O)c1noc2c1CCCC2. The van der Waals surface area contributed by atoms with Crippen LogP contribution < -0.4 is 10.1 Å². The predicted octanol–water partition coefficient (Wildman–Crippen LogP) is 2.04. The molecule has 2 aromatic heterocycles. The molecule has 0 bridgehead atoms. The Hall–Kier alpha value is -2.41. The highest BCUT2D eigenvalue weighted by Gasteiger charge is 2.35. The number of carbonyl (C=O) groups excluding carboxylic acids is 1. The van der Waals surface area contributed by atoms with E-state index in [4.69, 9.17) is 9.26 Å². The molecule has 0 radical (unpaired) electrons. The van der Waals surface area contributed by atoms with Crippen LogP contribution in [0.5, 0.6) is 5.75 Å². The Morgan fingerprint density at radius 2 is 2.15 bits per heavy atom. The number of aryl methyl sites for hydroxylation is 1. The van der Waals surface area contributed by atoms with Crippen LogP contribution in [0.2, 0.25) is 0 Å². The van der Waals surface area contributed by atoms with E-state index in [1.54, 1.807) is 18.5 Å². The minimum absolute atomic E-state index is 0.275. The van der Waals surface area contributed by atoms with Crippen molar-refractivity contribution in [2.24, 2.45) is 0 Å². The van der Waals surface area contributed by atoms with E-state index >= 15 is 0 Å². The lowest BCUT2D eigenvalue weighted by Gasteiger charge is -2.35. The van der Waals surface area contributed by atoms with E-state index in [1.165, 1.54) is 0 Å². The molecular weight excluding hydrogens is 334 g/mol. The zero-order valence-corrected chi connectivity index (χ0v) is 14.6. The van der Waals surface area contributed by atoms with Gasteiger partial charge in [-0.1, -0.05) is 5.16 Å². The molecule has 7 nitrogen and oxygen atoms in total. The number of carbonyl (C=O) groups is 1. The molecule has 0 spiro atoms. The number of aliphatic hydroxyl groups is 1. The van der Waals surface area contributed by atoms with Gasteiger partial charge in [0.15, 0.2) is 5.69 Å². The Labute approximate surface area is 151 Å². The highest BCUT2D eigenvalue weighted by molar-refractivity contribution is 5.94. The van der Waals surface area contributed by atoms with Gasteiger partial charge in [-0.3, -0.25) is 9.78 Å². The maximum atomic E-state index is 12.7. The number of nitrogens with zero attached hydrogens (tertiary/aromatic N) is 2. The van der Waals surface area contributed by atoms with Crippen molar-refractivity contribution >= 4 is 5.91 Å². The standard InChI is InChI=1S/C19H23N3O4/c23-18-14(7-3-9-16(18)25-12-5-4-10-20-11-12)21-19(24)17-13-6-1-2-8-15(13)26-22-17/h4-5,10-11,14,16,18,23H,1-3,6-9H2,(H,21,24)/t14-,16-,18-/m1/s1. The highest BCUT2D eigenvalue weighted by atomic mass is 16.5. The maximum absolute atomic E-state index is 12.7. The summed E-state index contributed by atoms with van der Waals surface area (Å²) in [7, 11) is 0. The van der Waals surface area contributed by atoms with Gasteiger partial charge >= 0.3 is 0 Å². The van der Waals surface area contributed by atoms with E-state index in [0.29, 0.717) is 17.9 Å².